The number of aliphatic hydroxyl groups excluding tert-OH is 1. The molecule has 25 heavy (non-hydrogen) atoms. The van der Waals surface area contributed by atoms with Crippen LogP contribution in [0.2, 0.25) is 0 Å². The fourth-order valence-electron chi connectivity index (χ4n) is 3.38. The number of allylic oxidation sites excluding steroid dienone is 1. The largest absolute Gasteiger partial charge is 0.511 e. The van der Waals surface area contributed by atoms with Crippen LogP contribution in [-0.2, 0) is 14.4 Å². The van der Waals surface area contributed by atoms with Gasteiger partial charge in [0, 0.05) is 12.8 Å². The lowest BCUT2D eigenvalue weighted by Gasteiger charge is -2.26. The van der Waals surface area contributed by atoms with Gasteiger partial charge in [-0.15, -0.1) is 0 Å². The van der Waals surface area contributed by atoms with Crippen molar-refractivity contribution >= 4 is 29.4 Å². The maximum absolute atomic E-state index is 12.8. The van der Waals surface area contributed by atoms with Crippen molar-refractivity contribution in [2.45, 2.75) is 66.3 Å². The van der Waals surface area contributed by atoms with Crippen molar-refractivity contribution in [3.05, 3.63) is 11.3 Å². The molecule has 1 heterocycles. The standard InChI is InChI=1S/C19H31NO4S/c1-7-14(21)16-17(23)13(8-9-25-6)20(18(16)24)15(22)10-12(2)11-19(3,4)5/h12-13,21H,7-11H2,1-6H3/b16-14-. The van der Waals surface area contributed by atoms with Crippen LogP contribution < -0.4 is 0 Å². The number of imide groups is 1. The van der Waals surface area contributed by atoms with E-state index in [1.165, 1.54) is 0 Å². The van der Waals surface area contributed by atoms with E-state index in [-0.39, 0.29) is 41.4 Å². The summed E-state index contributed by atoms with van der Waals surface area (Å²) in [7, 11) is 0. The zero-order valence-electron chi connectivity index (χ0n) is 16.2. The molecule has 2 atom stereocenters. The Morgan fingerprint density at radius 1 is 1.32 bits per heavy atom. The minimum absolute atomic E-state index is 0.0916. The van der Waals surface area contributed by atoms with Gasteiger partial charge in [-0.3, -0.25) is 19.3 Å². The number of amides is 2. The quantitative estimate of drug-likeness (QED) is 0.420. The number of hydrogen-bond acceptors (Lipinski definition) is 5. The Hall–Kier alpha value is -1.30. The van der Waals surface area contributed by atoms with Crippen LogP contribution in [0.25, 0.3) is 0 Å². The van der Waals surface area contributed by atoms with E-state index >= 15 is 0 Å². The van der Waals surface area contributed by atoms with E-state index in [4.69, 9.17) is 0 Å². The lowest BCUT2D eigenvalue weighted by Crippen LogP contribution is -2.41. The first-order valence-corrected chi connectivity index (χ1v) is 10.2. The van der Waals surface area contributed by atoms with E-state index in [9.17, 15) is 19.5 Å². The second kappa shape index (κ2) is 8.88. The van der Waals surface area contributed by atoms with Crippen molar-refractivity contribution in [1.29, 1.82) is 0 Å². The summed E-state index contributed by atoms with van der Waals surface area (Å²) in [4.78, 5) is 39.1. The van der Waals surface area contributed by atoms with E-state index in [0.717, 1.165) is 11.3 Å². The molecule has 0 bridgehead atoms. The van der Waals surface area contributed by atoms with Crippen LogP contribution in [0.5, 0.6) is 0 Å². The first kappa shape index (κ1) is 21.7. The summed E-state index contributed by atoms with van der Waals surface area (Å²) in [6.45, 7) is 10.00. The van der Waals surface area contributed by atoms with E-state index in [1.54, 1.807) is 18.7 Å². The molecule has 0 aromatic rings. The van der Waals surface area contributed by atoms with Gasteiger partial charge in [-0.1, -0.05) is 34.6 Å². The normalized spacial score (nSPS) is 21.7. The highest BCUT2D eigenvalue weighted by Gasteiger charge is 2.47. The molecule has 1 saturated heterocycles. The number of carbonyl (C=O) groups excluding carboxylic acids is 3. The predicted octanol–water partition coefficient (Wildman–Crippen LogP) is 3.73. The summed E-state index contributed by atoms with van der Waals surface area (Å²) in [6, 6.07) is -0.780. The molecule has 1 N–H and O–H groups in total. The smallest absolute Gasteiger partial charge is 0.268 e. The molecule has 2 amide bonds. The van der Waals surface area contributed by atoms with Crippen molar-refractivity contribution in [1.82, 2.24) is 4.90 Å². The summed E-state index contributed by atoms with van der Waals surface area (Å²) in [5, 5.41) is 9.97. The molecule has 5 nitrogen and oxygen atoms in total. The van der Waals surface area contributed by atoms with Crippen LogP contribution in [0.3, 0.4) is 0 Å². The number of aliphatic hydroxyl groups is 1. The fraction of sp³-hybridized carbons (Fsp3) is 0.737. The third kappa shape index (κ3) is 5.59. The van der Waals surface area contributed by atoms with Crippen LogP contribution in [-0.4, -0.2) is 45.7 Å². The molecule has 0 aliphatic carbocycles. The van der Waals surface area contributed by atoms with Gasteiger partial charge in [0.25, 0.3) is 5.91 Å². The summed E-state index contributed by atoms with van der Waals surface area (Å²) in [5.74, 6) is -0.809. The molecule has 0 saturated carbocycles. The summed E-state index contributed by atoms with van der Waals surface area (Å²) in [6.07, 6.45) is 3.62. The molecule has 1 aliphatic heterocycles. The Balaban J connectivity index is 3.05. The molecular weight excluding hydrogens is 338 g/mol. The highest BCUT2D eigenvalue weighted by Crippen LogP contribution is 2.30. The van der Waals surface area contributed by atoms with E-state index in [2.05, 4.69) is 20.8 Å². The number of thioether (sulfide) groups is 1. The number of rotatable bonds is 7. The molecule has 0 aromatic carbocycles. The van der Waals surface area contributed by atoms with E-state index in [0.29, 0.717) is 12.2 Å². The number of hydrogen-bond donors (Lipinski definition) is 1. The number of likely N-dealkylation sites (tertiary alicyclic amines) is 1. The Kier molecular flexibility index (Phi) is 7.72. The molecule has 1 fully saturated rings. The van der Waals surface area contributed by atoms with Gasteiger partial charge in [-0.05, 0) is 36.2 Å². The average molecular weight is 370 g/mol. The van der Waals surface area contributed by atoms with Gasteiger partial charge in [-0.2, -0.15) is 11.8 Å². The number of nitrogens with zero attached hydrogens (tertiary/aromatic N) is 1. The molecule has 1 rings (SSSR count). The van der Waals surface area contributed by atoms with Crippen LogP contribution in [0.1, 0.15) is 60.3 Å². The Morgan fingerprint density at radius 3 is 2.40 bits per heavy atom. The van der Waals surface area contributed by atoms with Gasteiger partial charge < -0.3 is 5.11 Å². The molecule has 142 valence electrons. The first-order chi connectivity index (χ1) is 11.5. The molecule has 2 unspecified atom stereocenters. The topological polar surface area (TPSA) is 74.7 Å². The third-order valence-corrected chi connectivity index (χ3v) is 4.91. The van der Waals surface area contributed by atoms with Gasteiger partial charge in [0.15, 0.2) is 5.78 Å². The molecule has 6 heteroatoms. The maximum Gasteiger partial charge on any atom is 0.268 e. The average Bonchev–Trinajstić information content (AvgIpc) is 2.72. The predicted molar refractivity (Wildman–Crippen MR) is 101 cm³/mol. The van der Waals surface area contributed by atoms with Crippen LogP contribution in [0, 0.1) is 11.3 Å². The minimum atomic E-state index is -0.780. The Bertz CT molecular complexity index is 562. The van der Waals surface area contributed by atoms with Crippen molar-refractivity contribution < 1.29 is 19.5 Å². The third-order valence-electron chi connectivity index (χ3n) is 4.26. The zero-order chi connectivity index (χ0) is 19.4. The highest BCUT2D eigenvalue weighted by molar-refractivity contribution is 7.98. The van der Waals surface area contributed by atoms with Crippen molar-refractivity contribution in [2.75, 3.05) is 12.0 Å². The van der Waals surface area contributed by atoms with Gasteiger partial charge in [0.05, 0.1) is 0 Å². The van der Waals surface area contributed by atoms with Gasteiger partial charge in [-0.25, -0.2) is 0 Å². The summed E-state index contributed by atoms with van der Waals surface area (Å²) < 4.78 is 0. The fourth-order valence-corrected chi connectivity index (χ4v) is 3.84. The number of Topliss-reactive ketones (excluding diaryl/α,β-unsaturated/α-hetero) is 1. The molecule has 0 radical (unpaired) electrons. The number of carbonyl (C=O) groups is 3. The molecule has 1 aliphatic rings. The molecule has 0 aromatic heterocycles. The summed E-state index contributed by atoms with van der Waals surface area (Å²) >= 11 is 1.56. The summed E-state index contributed by atoms with van der Waals surface area (Å²) in [5.41, 5.74) is -0.112. The SMILES string of the molecule is CC/C(O)=C1\C(=O)C(CCSC)N(C(=O)CC(C)CC(C)(C)C)C1=O. The van der Waals surface area contributed by atoms with Gasteiger partial charge in [0.1, 0.15) is 17.4 Å². The van der Waals surface area contributed by atoms with E-state index < -0.39 is 17.7 Å². The molecular formula is C19H31NO4S. The van der Waals surface area contributed by atoms with Crippen molar-refractivity contribution in [3.63, 3.8) is 0 Å². The number of ketones is 1. The monoisotopic (exact) mass is 369 g/mol. The second-order valence-corrected chi connectivity index (χ2v) is 8.97. The van der Waals surface area contributed by atoms with Crippen molar-refractivity contribution in [2.24, 2.45) is 11.3 Å². The van der Waals surface area contributed by atoms with Crippen LogP contribution in [0.4, 0.5) is 0 Å². The Labute approximate surface area is 155 Å². The minimum Gasteiger partial charge on any atom is -0.511 e. The lowest BCUT2D eigenvalue weighted by atomic mass is 9.84. The van der Waals surface area contributed by atoms with Crippen LogP contribution in [0.15, 0.2) is 11.3 Å². The maximum atomic E-state index is 12.8. The highest BCUT2D eigenvalue weighted by atomic mass is 32.2. The second-order valence-electron chi connectivity index (χ2n) is 7.98. The lowest BCUT2D eigenvalue weighted by molar-refractivity contribution is -0.144. The Morgan fingerprint density at radius 2 is 1.92 bits per heavy atom. The van der Waals surface area contributed by atoms with Gasteiger partial charge in [0.2, 0.25) is 5.91 Å². The first-order valence-electron chi connectivity index (χ1n) is 8.85. The van der Waals surface area contributed by atoms with Crippen molar-refractivity contribution in [3.8, 4) is 0 Å². The molecule has 0 spiro atoms. The zero-order valence-corrected chi connectivity index (χ0v) is 17.0. The van der Waals surface area contributed by atoms with Crippen LogP contribution >= 0.6 is 11.8 Å². The van der Waals surface area contributed by atoms with Gasteiger partial charge >= 0.3 is 0 Å². The van der Waals surface area contributed by atoms with E-state index in [1.807, 2.05) is 13.2 Å².